The number of ketones is 1. The quantitative estimate of drug-likeness (QED) is 0.365. The summed E-state index contributed by atoms with van der Waals surface area (Å²) in [6.07, 6.45) is -0.790. The third-order valence-electron chi connectivity index (χ3n) is 5.33. The van der Waals surface area contributed by atoms with Gasteiger partial charge in [-0.3, -0.25) is 9.59 Å². The van der Waals surface area contributed by atoms with Gasteiger partial charge in [0.05, 0.1) is 11.5 Å². The number of halogens is 2. The van der Waals surface area contributed by atoms with Gasteiger partial charge >= 0.3 is 5.97 Å². The molecule has 0 bridgehead atoms. The number of esters is 1. The van der Waals surface area contributed by atoms with Crippen molar-refractivity contribution in [2.45, 2.75) is 32.3 Å². The second-order valence-corrected chi connectivity index (χ2v) is 7.77. The maximum Gasteiger partial charge on any atom is 0.309 e. The van der Waals surface area contributed by atoms with Crippen molar-refractivity contribution < 1.29 is 28.2 Å². The average Bonchev–Trinajstić information content (AvgIpc) is 2.76. The van der Waals surface area contributed by atoms with Crippen LogP contribution >= 0.6 is 0 Å². The van der Waals surface area contributed by atoms with Crippen LogP contribution in [0.5, 0.6) is 5.75 Å². The van der Waals surface area contributed by atoms with Crippen molar-refractivity contribution in [3.8, 4) is 5.75 Å². The standard InChI is InChI=1S/C26H24F2O4/c1-16(15-24(30)22-5-3-4-6-23(22)29)26(31)32-17(2)25(18-7-11-20(27)12-8-18)19-9-13-21(28)14-10-19/h3-14,16-17,25,29H,15H2,1-2H3/t16-,17+/m1/s1. The molecule has 0 spiro atoms. The summed E-state index contributed by atoms with van der Waals surface area (Å²) in [5.74, 6) is -3.07. The Balaban J connectivity index is 1.76. The van der Waals surface area contributed by atoms with E-state index in [1.54, 1.807) is 50.2 Å². The van der Waals surface area contributed by atoms with Gasteiger partial charge < -0.3 is 9.84 Å². The molecule has 32 heavy (non-hydrogen) atoms. The Morgan fingerprint density at radius 1 is 0.844 bits per heavy atom. The number of para-hydroxylation sites is 1. The second kappa shape index (κ2) is 10.2. The Kier molecular flexibility index (Phi) is 7.36. The zero-order valence-electron chi connectivity index (χ0n) is 17.8. The van der Waals surface area contributed by atoms with Crippen LogP contribution in [-0.4, -0.2) is 23.0 Å². The molecule has 3 rings (SSSR count). The minimum absolute atomic E-state index is 0.124. The smallest absolute Gasteiger partial charge is 0.309 e. The fraction of sp³-hybridized carbons (Fsp3) is 0.231. The largest absolute Gasteiger partial charge is 0.507 e. The third kappa shape index (κ3) is 5.58. The molecule has 0 aliphatic rings. The van der Waals surface area contributed by atoms with Crippen LogP contribution in [0, 0.1) is 17.6 Å². The maximum absolute atomic E-state index is 13.4. The lowest BCUT2D eigenvalue weighted by Gasteiger charge is -2.26. The molecule has 0 saturated heterocycles. The average molecular weight is 438 g/mol. The van der Waals surface area contributed by atoms with Gasteiger partial charge in [-0.25, -0.2) is 8.78 Å². The second-order valence-electron chi connectivity index (χ2n) is 7.77. The van der Waals surface area contributed by atoms with Gasteiger partial charge in [-0.2, -0.15) is 0 Å². The first-order valence-electron chi connectivity index (χ1n) is 10.3. The summed E-state index contributed by atoms with van der Waals surface area (Å²) < 4.78 is 32.5. The fourth-order valence-corrected chi connectivity index (χ4v) is 3.62. The first-order chi connectivity index (χ1) is 15.3. The van der Waals surface area contributed by atoms with Crippen LogP contribution in [0.1, 0.15) is 47.7 Å². The van der Waals surface area contributed by atoms with Gasteiger partial charge in [-0.1, -0.05) is 43.3 Å². The molecular formula is C26H24F2O4. The number of rotatable bonds is 8. The highest BCUT2D eigenvalue weighted by Gasteiger charge is 2.28. The van der Waals surface area contributed by atoms with E-state index in [4.69, 9.17) is 4.74 Å². The zero-order chi connectivity index (χ0) is 23.3. The van der Waals surface area contributed by atoms with E-state index in [0.29, 0.717) is 11.1 Å². The van der Waals surface area contributed by atoms with Gasteiger partial charge in [0, 0.05) is 12.3 Å². The number of hydrogen-bond donors (Lipinski definition) is 1. The molecule has 0 unspecified atom stereocenters. The molecule has 0 aliphatic carbocycles. The predicted octanol–water partition coefficient (Wildman–Crippen LogP) is 5.64. The summed E-state index contributed by atoms with van der Waals surface area (Å²) >= 11 is 0. The van der Waals surface area contributed by atoms with Crippen molar-refractivity contribution in [1.82, 2.24) is 0 Å². The third-order valence-corrected chi connectivity index (χ3v) is 5.33. The number of aromatic hydroxyl groups is 1. The SMILES string of the molecule is C[C@H](CC(=O)c1ccccc1O)C(=O)O[C@@H](C)C(c1ccc(F)cc1)c1ccc(F)cc1. The van der Waals surface area contributed by atoms with Crippen LogP contribution in [0.15, 0.2) is 72.8 Å². The van der Waals surface area contributed by atoms with E-state index in [1.807, 2.05) is 0 Å². The molecule has 0 aliphatic heterocycles. The van der Waals surface area contributed by atoms with E-state index < -0.39 is 35.5 Å². The summed E-state index contributed by atoms with van der Waals surface area (Å²) in [4.78, 5) is 25.2. The molecule has 166 valence electrons. The monoisotopic (exact) mass is 438 g/mol. The molecular weight excluding hydrogens is 414 g/mol. The molecule has 3 aromatic rings. The molecule has 4 nitrogen and oxygen atoms in total. The summed E-state index contributed by atoms with van der Waals surface area (Å²) in [6, 6.07) is 17.8. The van der Waals surface area contributed by atoms with Crippen LogP contribution < -0.4 is 0 Å². The first kappa shape index (κ1) is 23.1. The Labute approximate surface area is 185 Å². The van der Waals surface area contributed by atoms with Crippen molar-refractivity contribution in [3.63, 3.8) is 0 Å². The molecule has 2 atom stereocenters. The highest BCUT2D eigenvalue weighted by atomic mass is 19.1. The van der Waals surface area contributed by atoms with Crippen molar-refractivity contribution >= 4 is 11.8 Å². The number of phenols is 1. The summed E-state index contributed by atoms with van der Waals surface area (Å²) in [5.41, 5.74) is 1.56. The number of phenolic OH excluding ortho intramolecular Hbond substituents is 1. The van der Waals surface area contributed by atoms with Gasteiger partial charge in [0.15, 0.2) is 5.78 Å². The van der Waals surface area contributed by atoms with E-state index in [0.717, 1.165) is 0 Å². The van der Waals surface area contributed by atoms with E-state index >= 15 is 0 Å². The normalized spacial score (nSPS) is 12.9. The van der Waals surface area contributed by atoms with E-state index in [9.17, 15) is 23.5 Å². The molecule has 0 fully saturated rings. The molecule has 0 saturated carbocycles. The number of carbonyl (C=O) groups excluding carboxylic acids is 2. The molecule has 0 radical (unpaired) electrons. The lowest BCUT2D eigenvalue weighted by molar-refractivity contribution is -0.153. The van der Waals surface area contributed by atoms with Crippen LogP contribution in [0.2, 0.25) is 0 Å². The number of hydrogen-bond acceptors (Lipinski definition) is 4. The Morgan fingerprint density at radius 3 is 1.84 bits per heavy atom. The van der Waals surface area contributed by atoms with Crippen molar-refractivity contribution in [2.75, 3.05) is 0 Å². The topological polar surface area (TPSA) is 63.6 Å². The lowest BCUT2D eigenvalue weighted by Crippen LogP contribution is -2.27. The Hall–Kier alpha value is -3.54. The van der Waals surface area contributed by atoms with E-state index in [2.05, 4.69) is 0 Å². The maximum atomic E-state index is 13.4. The van der Waals surface area contributed by atoms with Crippen LogP contribution in [0.3, 0.4) is 0 Å². The minimum atomic E-state index is -0.744. The number of carbonyl (C=O) groups is 2. The fourth-order valence-electron chi connectivity index (χ4n) is 3.62. The summed E-state index contributed by atoms with van der Waals surface area (Å²) in [7, 11) is 0. The number of benzene rings is 3. The molecule has 6 heteroatoms. The van der Waals surface area contributed by atoms with E-state index in [-0.39, 0.29) is 23.5 Å². The van der Waals surface area contributed by atoms with E-state index in [1.165, 1.54) is 36.4 Å². The number of Topliss-reactive ketones (excluding diaryl/α,β-unsaturated/α-hetero) is 1. The zero-order valence-corrected chi connectivity index (χ0v) is 17.8. The first-order valence-corrected chi connectivity index (χ1v) is 10.3. The summed E-state index contributed by atoms with van der Waals surface area (Å²) in [5, 5.41) is 9.85. The van der Waals surface area contributed by atoms with Crippen molar-refractivity contribution in [3.05, 3.63) is 101 Å². The minimum Gasteiger partial charge on any atom is -0.507 e. The highest BCUT2D eigenvalue weighted by Crippen LogP contribution is 2.31. The molecule has 1 N–H and O–H groups in total. The van der Waals surface area contributed by atoms with Crippen LogP contribution in [0.25, 0.3) is 0 Å². The molecule has 3 aromatic carbocycles. The van der Waals surface area contributed by atoms with Gasteiger partial charge in [0.1, 0.15) is 23.5 Å². The predicted molar refractivity (Wildman–Crippen MR) is 116 cm³/mol. The molecule has 0 amide bonds. The van der Waals surface area contributed by atoms with Gasteiger partial charge in [-0.05, 0) is 54.4 Å². The Bertz CT molecular complexity index is 1030. The van der Waals surface area contributed by atoms with Crippen molar-refractivity contribution in [1.29, 1.82) is 0 Å². The van der Waals surface area contributed by atoms with Gasteiger partial charge in [0.25, 0.3) is 0 Å². The molecule has 0 heterocycles. The molecule has 0 aromatic heterocycles. The van der Waals surface area contributed by atoms with Gasteiger partial charge in [0.2, 0.25) is 0 Å². The van der Waals surface area contributed by atoms with Gasteiger partial charge in [-0.15, -0.1) is 0 Å². The van der Waals surface area contributed by atoms with Crippen LogP contribution in [0.4, 0.5) is 8.78 Å². The number of ether oxygens (including phenoxy) is 1. The van der Waals surface area contributed by atoms with Crippen molar-refractivity contribution in [2.24, 2.45) is 5.92 Å². The lowest BCUT2D eigenvalue weighted by atomic mass is 9.87. The summed E-state index contributed by atoms with van der Waals surface area (Å²) in [6.45, 7) is 3.28. The van der Waals surface area contributed by atoms with Crippen LogP contribution in [-0.2, 0) is 9.53 Å². The highest BCUT2D eigenvalue weighted by molar-refractivity contribution is 6.00. The Morgan fingerprint density at radius 2 is 1.34 bits per heavy atom.